The predicted octanol–water partition coefficient (Wildman–Crippen LogP) is 10.6. The van der Waals surface area contributed by atoms with Crippen LogP contribution in [0, 0.1) is 0 Å². The van der Waals surface area contributed by atoms with Crippen molar-refractivity contribution in [3.63, 3.8) is 0 Å². The van der Waals surface area contributed by atoms with Crippen molar-refractivity contribution in [2.75, 3.05) is 0 Å². The summed E-state index contributed by atoms with van der Waals surface area (Å²) in [6.07, 6.45) is 7.35. The summed E-state index contributed by atoms with van der Waals surface area (Å²) in [5.41, 5.74) is 11.5. The highest BCUT2D eigenvalue weighted by Crippen LogP contribution is 2.42. The van der Waals surface area contributed by atoms with Crippen molar-refractivity contribution in [1.29, 1.82) is 0 Å². The Kier molecular flexibility index (Phi) is 5.57. The summed E-state index contributed by atoms with van der Waals surface area (Å²) >= 11 is 0. The average Bonchev–Trinajstić information content (AvgIpc) is 3.19. The van der Waals surface area contributed by atoms with Crippen molar-refractivity contribution >= 4 is 87.2 Å². The fourth-order valence-electron chi connectivity index (χ4n) is 7.72. The van der Waals surface area contributed by atoms with Gasteiger partial charge in [0.15, 0.2) is 0 Å². The van der Waals surface area contributed by atoms with E-state index >= 15 is 0 Å². The van der Waals surface area contributed by atoms with Crippen LogP contribution in [0.25, 0.3) is 109 Å². The maximum atomic E-state index is 5.26. The lowest BCUT2D eigenvalue weighted by molar-refractivity contribution is 1.39. The second-order valence-electron chi connectivity index (χ2n) is 12.7. The molecule has 0 bridgehead atoms. The standard InChI is InChI=1S/C44H24N6/c1-5-27-13-17-31-35(32-18-14-28-6-2-22-46-38(28)42(32)49-41(31)37(27)45-21-1)25-9-11-26(12-10-25)36-33-19-15-29-7-3-23-47-39(29)43(33)50-44-34(36)20-16-30-8-4-24-48-40(30)44/h1-24H. The van der Waals surface area contributed by atoms with Gasteiger partial charge in [0.05, 0.1) is 44.1 Å². The Bertz CT molecular complexity index is 2800. The van der Waals surface area contributed by atoms with Crippen LogP contribution in [0.4, 0.5) is 0 Å². The topological polar surface area (TPSA) is 77.3 Å². The van der Waals surface area contributed by atoms with Crippen molar-refractivity contribution in [1.82, 2.24) is 29.9 Å². The van der Waals surface area contributed by atoms with Gasteiger partial charge in [0.2, 0.25) is 0 Å². The molecule has 6 heteroatoms. The first kappa shape index (κ1) is 27.1. The van der Waals surface area contributed by atoms with Crippen molar-refractivity contribution in [2.45, 2.75) is 0 Å². The van der Waals surface area contributed by atoms with E-state index in [2.05, 4.69) is 97.1 Å². The van der Waals surface area contributed by atoms with Gasteiger partial charge in [0.25, 0.3) is 0 Å². The zero-order chi connectivity index (χ0) is 32.8. The number of pyridine rings is 6. The first-order valence-corrected chi connectivity index (χ1v) is 16.6. The number of benzene rings is 5. The zero-order valence-corrected chi connectivity index (χ0v) is 26.5. The highest BCUT2D eigenvalue weighted by molar-refractivity contribution is 6.22. The van der Waals surface area contributed by atoms with Crippen LogP contribution < -0.4 is 0 Å². The van der Waals surface area contributed by atoms with E-state index in [1.807, 2.05) is 49.1 Å². The van der Waals surface area contributed by atoms with Gasteiger partial charge in [-0.25, -0.2) is 9.97 Å². The SMILES string of the molecule is c1cnc2c(c1)ccc1c(-c3ccc(-c4c5ccc6cccnc6c5nc5c4ccc4cccnc45)cc3)c3ccc4cccnc4c3nc12. The van der Waals surface area contributed by atoms with Crippen molar-refractivity contribution in [2.24, 2.45) is 0 Å². The summed E-state index contributed by atoms with van der Waals surface area (Å²) in [4.78, 5) is 29.7. The van der Waals surface area contributed by atoms with Crippen LogP contribution in [-0.4, -0.2) is 29.9 Å². The minimum absolute atomic E-state index is 0.873. The molecule has 6 nitrogen and oxygen atoms in total. The van der Waals surface area contributed by atoms with E-state index in [0.29, 0.717) is 0 Å². The van der Waals surface area contributed by atoms with Gasteiger partial charge < -0.3 is 0 Å². The van der Waals surface area contributed by atoms with Gasteiger partial charge in [-0.15, -0.1) is 0 Å². The van der Waals surface area contributed by atoms with Gasteiger partial charge in [-0.1, -0.05) is 97.1 Å². The first-order chi connectivity index (χ1) is 24.8. The van der Waals surface area contributed by atoms with Gasteiger partial charge in [-0.05, 0) is 35.4 Å². The quantitative estimate of drug-likeness (QED) is 0.139. The van der Waals surface area contributed by atoms with E-state index in [-0.39, 0.29) is 0 Å². The largest absolute Gasteiger partial charge is 0.254 e. The molecule has 0 aliphatic carbocycles. The van der Waals surface area contributed by atoms with Crippen LogP contribution in [0.3, 0.4) is 0 Å². The van der Waals surface area contributed by atoms with E-state index in [4.69, 9.17) is 29.9 Å². The van der Waals surface area contributed by atoms with E-state index in [9.17, 15) is 0 Å². The normalized spacial score (nSPS) is 12.0. The van der Waals surface area contributed by atoms with Crippen LogP contribution in [0.5, 0.6) is 0 Å². The highest BCUT2D eigenvalue weighted by Gasteiger charge is 2.19. The third-order valence-electron chi connectivity index (χ3n) is 9.98. The maximum absolute atomic E-state index is 5.26. The van der Waals surface area contributed by atoms with E-state index < -0.39 is 0 Å². The number of aromatic nitrogens is 6. The molecule has 0 radical (unpaired) electrons. The van der Waals surface area contributed by atoms with Crippen LogP contribution in [0.2, 0.25) is 0 Å². The second kappa shape index (κ2) is 10.3. The van der Waals surface area contributed by atoms with Crippen LogP contribution in [0.1, 0.15) is 0 Å². The molecular formula is C44H24N6. The Morgan fingerprint density at radius 3 is 0.820 bits per heavy atom. The molecule has 0 aliphatic rings. The Hall–Kier alpha value is -6.92. The molecule has 0 atom stereocenters. The van der Waals surface area contributed by atoms with Crippen LogP contribution in [0.15, 0.2) is 146 Å². The Morgan fingerprint density at radius 2 is 0.540 bits per heavy atom. The monoisotopic (exact) mass is 636 g/mol. The number of hydrogen-bond donors (Lipinski definition) is 0. The summed E-state index contributed by atoms with van der Waals surface area (Å²) in [6.45, 7) is 0. The van der Waals surface area contributed by atoms with Crippen molar-refractivity contribution < 1.29 is 0 Å². The maximum Gasteiger partial charge on any atom is 0.0979 e. The van der Waals surface area contributed by atoms with Gasteiger partial charge in [0.1, 0.15) is 0 Å². The lowest BCUT2D eigenvalue weighted by Crippen LogP contribution is -1.95. The average molecular weight is 637 g/mol. The summed E-state index contributed by atoms with van der Waals surface area (Å²) in [7, 11) is 0. The summed E-state index contributed by atoms with van der Waals surface area (Å²) < 4.78 is 0. The number of hydrogen-bond acceptors (Lipinski definition) is 6. The smallest absolute Gasteiger partial charge is 0.0979 e. The zero-order valence-electron chi connectivity index (χ0n) is 26.5. The second-order valence-corrected chi connectivity index (χ2v) is 12.7. The van der Waals surface area contributed by atoms with E-state index in [1.165, 1.54) is 0 Å². The molecule has 0 saturated carbocycles. The molecule has 0 aliphatic heterocycles. The molecule has 5 aromatic carbocycles. The van der Waals surface area contributed by atoms with E-state index in [1.54, 1.807) is 0 Å². The molecule has 230 valence electrons. The van der Waals surface area contributed by atoms with Gasteiger partial charge in [-0.2, -0.15) is 0 Å². The molecule has 0 spiro atoms. The third-order valence-corrected chi connectivity index (χ3v) is 9.98. The molecule has 0 fully saturated rings. The molecule has 6 heterocycles. The minimum atomic E-state index is 0.873. The molecule has 50 heavy (non-hydrogen) atoms. The van der Waals surface area contributed by atoms with Crippen LogP contribution >= 0.6 is 0 Å². The minimum Gasteiger partial charge on any atom is -0.254 e. The molecule has 11 aromatic rings. The van der Waals surface area contributed by atoms with Gasteiger partial charge in [0, 0.05) is 79.0 Å². The number of rotatable bonds is 2. The molecule has 11 rings (SSSR count). The Balaban J connectivity index is 1.21. The van der Waals surface area contributed by atoms with Crippen molar-refractivity contribution in [3.05, 3.63) is 146 Å². The molecule has 0 unspecified atom stereocenters. The number of fused-ring (bicyclic) bond motifs is 12. The van der Waals surface area contributed by atoms with Gasteiger partial charge in [-0.3, -0.25) is 19.9 Å². The highest BCUT2D eigenvalue weighted by atomic mass is 14.8. The third kappa shape index (κ3) is 3.84. The van der Waals surface area contributed by atoms with E-state index in [0.717, 1.165) is 109 Å². The summed E-state index contributed by atoms with van der Waals surface area (Å²) in [5, 5.41) is 8.46. The Labute approximate surface area is 284 Å². The predicted molar refractivity (Wildman–Crippen MR) is 204 cm³/mol. The Morgan fingerprint density at radius 1 is 0.260 bits per heavy atom. The molecule has 6 aromatic heterocycles. The molecular weight excluding hydrogens is 613 g/mol. The fraction of sp³-hybridized carbons (Fsp3) is 0. The molecule has 0 saturated heterocycles. The van der Waals surface area contributed by atoms with Crippen molar-refractivity contribution in [3.8, 4) is 22.3 Å². The van der Waals surface area contributed by atoms with Gasteiger partial charge >= 0.3 is 0 Å². The summed E-state index contributed by atoms with van der Waals surface area (Å²) in [6, 6.07) is 42.4. The number of nitrogens with zero attached hydrogens (tertiary/aromatic N) is 6. The fourth-order valence-corrected chi connectivity index (χ4v) is 7.72. The summed E-state index contributed by atoms with van der Waals surface area (Å²) in [5.74, 6) is 0. The lowest BCUT2D eigenvalue weighted by Gasteiger charge is -2.16. The van der Waals surface area contributed by atoms with Crippen LogP contribution in [-0.2, 0) is 0 Å². The first-order valence-electron chi connectivity index (χ1n) is 16.6. The molecule has 0 amide bonds. The molecule has 0 N–H and O–H groups in total. The lowest BCUT2D eigenvalue weighted by atomic mass is 9.91.